The predicted octanol–water partition coefficient (Wildman–Crippen LogP) is 2.39. The Morgan fingerprint density at radius 3 is 1.97 bits per heavy atom. The number of nitrogens with zero attached hydrogens (tertiary/aromatic N) is 1. The molecule has 1 aliphatic heterocycles. The van der Waals surface area contributed by atoms with Gasteiger partial charge in [0.15, 0.2) is 0 Å². The van der Waals surface area contributed by atoms with Crippen LogP contribution in [0.15, 0.2) is 75.9 Å². The van der Waals surface area contributed by atoms with E-state index in [1.165, 1.54) is 22.1 Å². The van der Waals surface area contributed by atoms with Gasteiger partial charge in [0, 0.05) is 17.2 Å². The molecule has 0 unspecified atom stereocenters. The maximum absolute atomic E-state index is 13.1. The number of piperazine rings is 1. The molecule has 0 radical (unpaired) electrons. The summed E-state index contributed by atoms with van der Waals surface area (Å²) in [6.07, 6.45) is 0. The van der Waals surface area contributed by atoms with Crippen molar-refractivity contribution < 1.29 is 14.1 Å². The summed E-state index contributed by atoms with van der Waals surface area (Å²) in [6, 6.07) is 22.8. The second kappa shape index (κ2) is 8.67. The lowest BCUT2D eigenvalue weighted by Crippen LogP contribution is -3.15. The van der Waals surface area contributed by atoms with E-state index in [2.05, 4.69) is 48.5 Å². The molecule has 1 amide bonds. The number of quaternary nitrogens is 1. The zero-order valence-electron chi connectivity index (χ0n) is 17.4. The van der Waals surface area contributed by atoms with Crippen molar-refractivity contribution in [1.82, 2.24) is 4.90 Å². The Labute approximate surface area is 176 Å². The maximum atomic E-state index is 13.1. The standard InChI is InChI=1S/C25H26N2O3/c1-18-17-22(28)30-19(2)23(18)25(29)27-15-13-26(14-16-27)24(20-9-5-3-6-10-20)21-11-7-4-8-12-21/h3-12,17,24H,13-16H2,1-2H3/p+1. The molecule has 1 aromatic heterocycles. The molecule has 154 valence electrons. The van der Waals surface area contributed by atoms with E-state index in [1.54, 1.807) is 13.8 Å². The number of carbonyl (C=O) groups is 1. The maximum Gasteiger partial charge on any atom is 0.336 e. The van der Waals surface area contributed by atoms with Gasteiger partial charge in [0.1, 0.15) is 11.8 Å². The Bertz CT molecular complexity index is 1000. The zero-order chi connectivity index (χ0) is 21.1. The normalized spacial score (nSPS) is 14.8. The van der Waals surface area contributed by atoms with E-state index < -0.39 is 5.63 Å². The molecule has 1 saturated heterocycles. The molecular weight excluding hydrogens is 376 g/mol. The molecule has 2 heterocycles. The Kier molecular flexibility index (Phi) is 5.81. The third-order valence-corrected chi connectivity index (χ3v) is 5.92. The highest BCUT2D eigenvalue weighted by Crippen LogP contribution is 2.20. The van der Waals surface area contributed by atoms with Crippen LogP contribution in [0.1, 0.15) is 38.9 Å². The van der Waals surface area contributed by atoms with Crippen molar-refractivity contribution in [2.75, 3.05) is 26.2 Å². The van der Waals surface area contributed by atoms with Crippen LogP contribution in [0.4, 0.5) is 0 Å². The van der Waals surface area contributed by atoms with E-state index in [0.29, 0.717) is 30.0 Å². The van der Waals surface area contributed by atoms with Crippen LogP contribution >= 0.6 is 0 Å². The molecular formula is C25H27N2O3+. The summed E-state index contributed by atoms with van der Waals surface area (Å²) in [7, 11) is 0. The van der Waals surface area contributed by atoms with Crippen molar-refractivity contribution >= 4 is 5.91 Å². The summed E-state index contributed by atoms with van der Waals surface area (Å²) >= 11 is 0. The monoisotopic (exact) mass is 403 g/mol. The molecule has 1 fully saturated rings. The van der Waals surface area contributed by atoms with Crippen LogP contribution in [-0.4, -0.2) is 37.0 Å². The van der Waals surface area contributed by atoms with Gasteiger partial charge in [-0.2, -0.15) is 0 Å². The first-order valence-corrected chi connectivity index (χ1v) is 10.4. The van der Waals surface area contributed by atoms with Gasteiger partial charge in [-0.05, 0) is 19.4 Å². The van der Waals surface area contributed by atoms with E-state index in [9.17, 15) is 9.59 Å². The van der Waals surface area contributed by atoms with Crippen LogP contribution in [0.5, 0.6) is 0 Å². The average molecular weight is 404 g/mol. The smallest absolute Gasteiger partial charge is 0.336 e. The molecule has 0 bridgehead atoms. The lowest BCUT2D eigenvalue weighted by Gasteiger charge is -2.37. The summed E-state index contributed by atoms with van der Waals surface area (Å²) < 4.78 is 5.17. The van der Waals surface area contributed by atoms with Crippen LogP contribution in [0.25, 0.3) is 0 Å². The number of hydrogen-bond acceptors (Lipinski definition) is 3. The summed E-state index contributed by atoms with van der Waals surface area (Å²) in [5.41, 5.74) is 3.35. The van der Waals surface area contributed by atoms with Gasteiger partial charge in [-0.1, -0.05) is 60.7 Å². The fourth-order valence-electron chi connectivity index (χ4n) is 4.48. The van der Waals surface area contributed by atoms with Gasteiger partial charge < -0.3 is 14.2 Å². The number of carbonyl (C=O) groups excluding carboxylic acids is 1. The van der Waals surface area contributed by atoms with E-state index in [4.69, 9.17) is 4.42 Å². The fraction of sp³-hybridized carbons (Fsp3) is 0.280. The van der Waals surface area contributed by atoms with Crippen molar-refractivity contribution in [1.29, 1.82) is 0 Å². The lowest BCUT2D eigenvalue weighted by molar-refractivity contribution is -0.929. The third kappa shape index (κ3) is 4.07. The van der Waals surface area contributed by atoms with Crippen molar-refractivity contribution in [2.24, 2.45) is 0 Å². The molecule has 30 heavy (non-hydrogen) atoms. The summed E-state index contributed by atoms with van der Waals surface area (Å²) in [4.78, 5) is 28.0. The quantitative estimate of drug-likeness (QED) is 0.728. The SMILES string of the molecule is Cc1cc(=O)oc(C)c1C(=O)N1CC[NH+](C(c2ccccc2)c2ccccc2)CC1. The lowest BCUT2D eigenvalue weighted by atomic mass is 9.96. The minimum Gasteiger partial charge on any atom is -0.427 e. The van der Waals surface area contributed by atoms with Crippen LogP contribution in [0.2, 0.25) is 0 Å². The number of rotatable bonds is 4. The summed E-state index contributed by atoms with van der Waals surface area (Å²) in [5.74, 6) is 0.343. The first-order chi connectivity index (χ1) is 14.5. The number of benzene rings is 2. The molecule has 1 aliphatic rings. The van der Waals surface area contributed by atoms with Gasteiger partial charge in [0.05, 0.1) is 31.7 Å². The summed E-state index contributed by atoms with van der Waals surface area (Å²) in [6.45, 7) is 6.53. The highest BCUT2D eigenvalue weighted by atomic mass is 16.4. The average Bonchev–Trinajstić information content (AvgIpc) is 2.75. The van der Waals surface area contributed by atoms with Crippen molar-refractivity contribution in [3.05, 3.63) is 105 Å². The largest absolute Gasteiger partial charge is 0.427 e. The van der Waals surface area contributed by atoms with E-state index in [0.717, 1.165) is 13.1 Å². The molecule has 0 spiro atoms. The second-order valence-electron chi connectivity index (χ2n) is 7.88. The summed E-state index contributed by atoms with van der Waals surface area (Å²) in [5, 5.41) is 0. The molecule has 3 aromatic rings. The van der Waals surface area contributed by atoms with Crippen LogP contribution < -0.4 is 10.5 Å². The highest BCUT2D eigenvalue weighted by Gasteiger charge is 2.32. The topological polar surface area (TPSA) is 55.0 Å². The first kappa shape index (κ1) is 20.1. The Balaban J connectivity index is 1.54. The Morgan fingerprint density at radius 2 is 1.47 bits per heavy atom. The van der Waals surface area contributed by atoms with Gasteiger partial charge in [-0.3, -0.25) is 4.79 Å². The Morgan fingerprint density at radius 1 is 0.933 bits per heavy atom. The van der Waals surface area contributed by atoms with E-state index in [1.807, 2.05) is 17.0 Å². The van der Waals surface area contributed by atoms with Crippen LogP contribution in [-0.2, 0) is 0 Å². The highest BCUT2D eigenvalue weighted by molar-refractivity contribution is 5.96. The van der Waals surface area contributed by atoms with Gasteiger partial charge in [-0.15, -0.1) is 0 Å². The molecule has 5 nitrogen and oxygen atoms in total. The van der Waals surface area contributed by atoms with Gasteiger partial charge >= 0.3 is 5.63 Å². The molecule has 0 saturated carbocycles. The fourth-order valence-corrected chi connectivity index (χ4v) is 4.48. The molecule has 0 atom stereocenters. The number of aryl methyl sites for hydroxylation is 2. The molecule has 2 aromatic carbocycles. The van der Waals surface area contributed by atoms with Gasteiger partial charge in [0.2, 0.25) is 0 Å². The molecule has 5 heteroatoms. The van der Waals surface area contributed by atoms with Gasteiger partial charge in [0.25, 0.3) is 5.91 Å². The van der Waals surface area contributed by atoms with Crippen molar-refractivity contribution in [2.45, 2.75) is 19.9 Å². The number of hydrogen-bond donors (Lipinski definition) is 1. The van der Waals surface area contributed by atoms with Crippen molar-refractivity contribution in [3.63, 3.8) is 0 Å². The van der Waals surface area contributed by atoms with Crippen molar-refractivity contribution in [3.8, 4) is 0 Å². The minimum atomic E-state index is -0.413. The zero-order valence-corrected chi connectivity index (χ0v) is 17.4. The molecule has 1 N–H and O–H groups in total. The predicted molar refractivity (Wildman–Crippen MR) is 116 cm³/mol. The minimum absolute atomic E-state index is 0.0521. The number of amides is 1. The van der Waals surface area contributed by atoms with E-state index in [-0.39, 0.29) is 11.9 Å². The van der Waals surface area contributed by atoms with E-state index >= 15 is 0 Å². The second-order valence-corrected chi connectivity index (χ2v) is 7.88. The molecule has 0 aliphatic carbocycles. The first-order valence-electron chi connectivity index (χ1n) is 10.4. The van der Waals surface area contributed by atoms with Crippen LogP contribution in [0.3, 0.4) is 0 Å². The van der Waals surface area contributed by atoms with Crippen LogP contribution in [0, 0.1) is 13.8 Å². The number of nitrogens with one attached hydrogen (secondary N) is 1. The Hall–Kier alpha value is -3.18. The van der Waals surface area contributed by atoms with Gasteiger partial charge in [-0.25, -0.2) is 4.79 Å². The third-order valence-electron chi connectivity index (χ3n) is 5.92. The molecule has 4 rings (SSSR count).